The van der Waals surface area contributed by atoms with Crippen LogP contribution in [0, 0.1) is 17.1 Å². The first kappa shape index (κ1) is 22.1. The van der Waals surface area contributed by atoms with Crippen molar-refractivity contribution in [3.63, 3.8) is 0 Å². The lowest BCUT2D eigenvalue weighted by atomic mass is 10.2. The Balaban J connectivity index is 1.36. The molecule has 168 valence electrons. The average molecular weight is 447 g/mol. The van der Waals surface area contributed by atoms with Crippen molar-refractivity contribution < 1.29 is 23.1 Å². The van der Waals surface area contributed by atoms with Gasteiger partial charge in [0.15, 0.2) is 5.76 Å². The molecule has 1 aromatic heterocycles. The predicted molar refractivity (Wildman–Crippen MR) is 117 cm³/mol. The summed E-state index contributed by atoms with van der Waals surface area (Å²) < 4.78 is 25.3. The molecule has 0 radical (unpaired) electrons. The Labute approximate surface area is 190 Å². The minimum Gasteiger partial charge on any atom is -0.484 e. The van der Waals surface area contributed by atoms with Gasteiger partial charge in [0.1, 0.15) is 30.0 Å². The van der Waals surface area contributed by atoms with Gasteiger partial charge in [0.25, 0.3) is 11.8 Å². The Morgan fingerprint density at radius 3 is 2.39 bits per heavy atom. The molecule has 0 bridgehead atoms. The number of carbonyl (C=O) groups is 2. The maximum atomic E-state index is 14.0. The molecule has 1 aliphatic heterocycles. The number of hydrogen-bond donors (Lipinski definition) is 0. The van der Waals surface area contributed by atoms with Crippen LogP contribution in [-0.2, 0) is 6.61 Å². The second-order valence-electron chi connectivity index (χ2n) is 7.58. The van der Waals surface area contributed by atoms with Crippen LogP contribution in [0.4, 0.5) is 4.39 Å². The molecular formula is C25H22FN3O4. The molecule has 33 heavy (non-hydrogen) atoms. The van der Waals surface area contributed by atoms with Crippen molar-refractivity contribution in [1.82, 2.24) is 9.80 Å². The van der Waals surface area contributed by atoms with E-state index in [4.69, 9.17) is 14.4 Å². The quantitative estimate of drug-likeness (QED) is 0.593. The van der Waals surface area contributed by atoms with Crippen LogP contribution in [-0.4, -0.2) is 47.8 Å². The van der Waals surface area contributed by atoms with Crippen molar-refractivity contribution in [2.75, 3.05) is 26.2 Å². The van der Waals surface area contributed by atoms with Gasteiger partial charge in [-0.3, -0.25) is 9.59 Å². The molecule has 7 nitrogen and oxygen atoms in total. The zero-order chi connectivity index (χ0) is 23.2. The predicted octanol–water partition coefficient (Wildman–Crippen LogP) is 3.86. The third-order valence-corrected chi connectivity index (χ3v) is 5.42. The van der Waals surface area contributed by atoms with Gasteiger partial charge in [-0.15, -0.1) is 0 Å². The van der Waals surface area contributed by atoms with Gasteiger partial charge >= 0.3 is 0 Å². The third-order valence-electron chi connectivity index (χ3n) is 5.42. The molecule has 0 spiro atoms. The van der Waals surface area contributed by atoms with Gasteiger partial charge in [-0.1, -0.05) is 24.3 Å². The molecule has 1 aliphatic rings. The number of para-hydroxylation sites is 1. The number of carbonyl (C=O) groups excluding carboxylic acids is 2. The lowest BCUT2D eigenvalue weighted by molar-refractivity contribution is 0.0695. The summed E-state index contributed by atoms with van der Waals surface area (Å²) in [6.45, 7) is 1.60. The fraction of sp³-hybridized carbons (Fsp3) is 0.240. The van der Waals surface area contributed by atoms with E-state index in [-0.39, 0.29) is 29.7 Å². The van der Waals surface area contributed by atoms with Gasteiger partial charge in [0.05, 0.1) is 11.1 Å². The van der Waals surface area contributed by atoms with Crippen LogP contribution < -0.4 is 4.74 Å². The molecule has 4 rings (SSSR count). The number of hydrogen-bond acceptors (Lipinski definition) is 5. The van der Waals surface area contributed by atoms with Crippen molar-refractivity contribution in [1.29, 1.82) is 5.26 Å². The van der Waals surface area contributed by atoms with E-state index >= 15 is 0 Å². The number of ether oxygens (including phenoxy) is 1. The first-order valence-corrected chi connectivity index (χ1v) is 10.6. The molecule has 2 heterocycles. The van der Waals surface area contributed by atoms with E-state index in [1.54, 1.807) is 58.3 Å². The standard InChI is InChI=1S/C25H22FN3O4/c26-21-8-3-2-7-20(21)24(30)28-12-5-13-29(15-14-28)25(31)23-11-10-19(33-23)17-32-22-9-4-1-6-18(22)16-27/h1-4,6-11H,5,12-15,17H2. The number of nitrogens with zero attached hydrogens (tertiary/aromatic N) is 3. The van der Waals surface area contributed by atoms with E-state index in [1.807, 2.05) is 0 Å². The van der Waals surface area contributed by atoms with Crippen molar-refractivity contribution in [2.45, 2.75) is 13.0 Å². The molecule has 0 saturated carbocycles. The average Bonchev–Trinajstić information content (AvgIpc) is 3.18. The largest absolute Gasteiger partial charge is 0.484 e. The molecule has 0 unspecified atom stereocenters. The summed E-state index contributed by atoms with van der Waals surface area (Å²) >= 11 is 0. The summed E-state index contributed by atoms with van der Waals surface area (Å²) in [7, 11) is 0. The SMILES string of the molecule is N#Cc1ccccc1OCc1ccc(C(=O)N2CCCN(C(=O)c3ccccc3F)CC2)o1. The fourth-order valence-electron chi connectivity index (χ4n) is 3.69. The summed E-state index contributed by atoms with van der Waals surface area (Å²) in [6.07, 6.45) is 0.577. The van der Waals surface area contributed by atoms with Crippen LogP contribution >= 0.6 is 0 Å². The van der Waals surface area contributed by atoms with Gasteiger partial charge in [0.2, 0.25) is 0 Å². The summed E-state index contributed by atoms with van der Waals surface area (Å²) in [5.74, 6) is -0.136. The highest BCUT2D eigenvalue weighted by molar-refractivity contribution is 5.95. The highest BCUT2D eigenvalue weighted by Crippen LogP contribution is 2.20. The van der Waals surface area contributed by atoms with Gasteiger partial charge in [-0.25, -0.2) is 4.39 Å². The van der Waals surface area contributed by atoms with Crippen molar-refractivity contribution in [2.24, 2.45) is 0 Å². The molecule has 0 atom stereocenters. The molecule has 2 amide bonds. The summed E-state index contributed by atoms with van der Waals surface area (Å²) in [5.41, 5.74) is 0.449. The molecule has 3 aromatic rings. The number of benzene rings is 2. The Hall–Kier alpha value is -4.12. The lowest BCUT2D eigenvalue weighted by Gasteiger charge is -2.22. The first-order valence-electron chi connectivity index (χ1n) is 10.6. The lowest BCUT2D eigenvalue weighted by Crippen LogP contribution is -2.37. The van der Waals surface area contributed by atoms with Crippen LogP contribution in [0.3, 0.4) is 0 Å². The number of furan rings is 1. The van der Waals surface area contributed by atoms with Crippen LogP contribution in [0.15, 0.2) is 65.1 Å². The monoisotopic (exact) mass is 447 g/mol. The first-order chi connectivity index (χ1) is 16.1. The zero-order valence-electron chi connectivity index (χ0n) is 17.9. The topological polar surface area (TPSA) is 86.8 Å². The van der Waals surface area contributed by atoms with E-state index < -0.39 is 5.82 Å². The molecule has 2 aromatic carbocycles. The van der Waals surface area contributed by atoms with Crippen molar-refractivity contribution in [3.8, 4) is 11.8 Å². The summed E-state index contributed by atoms with van der Waals surface area (Å²) in [5, 5.41) is 9.14. The fourth-order valence-corrected chi connectivity index (χ4v) is 3.69. The minimum atomic E-state index is -0.553. The van der Waals surface area contributed by atoms with Crippen LogP contribution in [0.2, 0.25) is 0 Å². The van der Waals surface area contributed by atoms with Gasteiger partial charge in [-0.05, 0) is 42.8 Å². The second-order valence-corrected chi connectivity index (χ2v) is 7.58. The molecule has 0 aliphatic carbocycles. The number of rotatable bonds is 5. The number of amides is 2. The van der Waals surface area contributed by atoms with Gasteiger partial charge in [0, 0.05) is 26.2 Å². The van der Waals surface area contributed by atoms with Crippen molar-refractivity contribution >= 4 is 11.8 Å². The Morgan fingerprint density at radius 2 is 1.64 bits per heavy atom. The summed E-state index contributed by atoms with van der Waals surface area (Å²) in [6, 6.07) is 18.1. The number of nitriles is 1. The molecule has 8 heteroatoms. The minimum absolute atomic E-state index is 0.0333. The van der Waals surface area contributed by atoms with Gasteiger partial charge < -0.3 is 19.0 Å². The van der Waals surface area contributed by atoms with Crippen LogP contribution in [0.5, 0.6) is 5.75 Å². The zero-order valence-corrected chi connectivity index (χ0v) is 17.9. The van der Waals surface area contributed by atoms with E-state index in [2.05, 4.69) is 6.07 Å². The molecular weight excluding hydrogens is 425 g/mol. The van der Waals surface area contributed by atoms with E-state index in [0.717, 1.165) is 0 Å². The number of halogens is 1. The molecule has 1 saturated heterocycles. The van der Waals surface area contributed by atoms with E-state index in [9.17, 15) is 14.0 Å². The van der Waals surface area contributed by atoms with Gasteiger partial charge in [-0.2, -0.15) is 5.26 Å². The molecule has 1 fully saturated rings. The summed E-state index contributed by atoms with van der Waals surface area (Å²) in [4.78, 5) is 28.8. The van der Waals surface area contributed by atoms with Crippen molar-refractivity contribution in [3.05, 3.63) is 89.1 Å². The van der Waals surface area contributed by atoms with Crippen LogP contribution in [0.1, 0.15) is 38.7 Å². The smallest absolute Gasteiger partial charge is 0.289 e. The normalized spacial score (nSPS) is 13.8. The third kappa shape index (κ3) is 5.04. The Bertz CT molecular complexity index is 1200. The second kappa shape index (κ2) is 10.0. The Kier molecular flexibility index (Phi) is 6.69. The Morgan fingerprint density at radius 1 is 0.939 bits per heavy atom. The van der Waals surface area contributed by atoms with Crippen LogP contribution in [0.25, 0.3) is 0 Å². The maximum absolute atomic E-state index is 14.0. The van der Waals surface area contributed by atoms with E-state index in [1.165, 1.54) is 12.1 Å². The molecule has 0 N–H and O–H groups in total. The maximum Gasteiger partial charge on any atom is 0.289 e. The van der Waals surface area contributed by atoms with E-state index in [0.29, 0.717) is 49.7 Å². The highest BCUT2D eigenvalue weighted by atomic mass is 19.1. The highest BCUT2D eigenvalue weighted by Gasteiger charge is 2.26.